The van der Waals surface area contributed by atoms with Crippen LogP contribution in [0.1, 0.15) is 41.8 Å². The summed E-state index contributed by atoms with van der Waals surface area (Å²) in [5, 5.41) is 24.3. The number of phenols is 1. The lowest BCUT2D eigenvalue weighted by Crippen LogP contribution is -2.51. The molecule has 0 spiro atoms. The topological polar surface area (TPSA) is 125 Å². The van der Waals surface area contributed by atoms with Gasteiger partial charge in [-0.2, -0.15) is 0 Å². The molecule has 3 N–H and O–H groups in total. The Kier molecular flexibility index (Phi) is 10.5. The highest BCUT2D eigenvalue weighted by molar-refractivity contribution is 7.89. The number of nitrogens with one attached hydrogen (secondary N) is 1. The van der Waals surface area contributed by atoms with E-state index in [0.717, 1.165) is 10.0 Å². The van der Waals surface area contributed by atoms with Crippen LogP contribution in [-0.2, 0) is 21.3 Å². The number of phenolic OH excluding ortho intramolecular Hbond substituents is 1. The standard InChI is InChI=1S/C29H36N2O7S/c1-5-20(2)38-31(39(35,36)24-16-14-23(37-4)15-17-24)19-28(33)26(18-22-10-7-6-8-11-22)30-29(34)25-12-9-13-27(32)21(25)3/h6-17,20,26,28,32-33H,5,18-19H2,1-4H3,(H,30,34). The Hall–Kier alpha value is -3.44. The van der Waals surface area contributed by atoms with Crippen molar-refractivity contribution in [2.45, 2.75) is 56.8 Å². The summed E-state index contributed by atoms with van der Waals surface area (Å²) in [5.41, 5.74) is 1.48. The van der Waals surface area contributed by atoms with Crippen LogP contribution in [0.15, 0.2) is 77.7 Å². The molecule has 0 aliphatic heterocycles. The van der Waals surface area contributed by atoms with Crippen LogP contribution >= 0.6 is 0 Å². The first-order valence-corrected chi connectivity index (χ1v) is 14.2. The van der Waals surface area contributed by atoms with E-state index in [1.807, 2.05) is 37.3 Å². The summed E-state index contributed by atoms with van der Waals surface area (Å²) in [4.78, 5) is 19.0. The molecule has 0 aromatic heterocycles. The van der Waals surface area contributed by atoms with Gasteiger partial charge in [0.1, 0.15) is 11.5 Å². The van der Waals surface area contributed by atoms with Crippen molar-refractivity contribution >= 4 is 15.9 Å². The van der Waals surface area contributed by atoms with Gasteiger partial charge in [0, 0.05) is 11.1 Å². The van der Waals surface area contributed by atoms with Crippen molar-refractivity contribution in [3.8, 4) is 11.5 Å². The predicted molar refractivity (Wildman–Crippen MR) is 148 cm³/mol. The molecule has 0 fully saturated rings. The third kappa shape index (κ3) is 7.79. The summed E-state index contributed by atoms with van der Waals surface area (Å²) in [5.74, 6) is -0.0337. The fraction of sp³-hybridized carbons (Fsp3) is 0.345. The molecule has 0 heterocycles. The first-order chi connectivity index (χ1) is 18.6. The van der Waals surface area contributed by atoms with Crippen molar-refractivity contribution in [2.75, 3.05) is 13.7 Å². The summed E-state index contributed by atoms with van der Waals surface area (Å²) in [7, 11) is -2.69. The Morgan fingerprint density at radius 1 is 1.03 bits per heavy atom. The summed E-state index contributed by atoms with van der Waals surface area (Å²) >= 11 is 0. The van der Waals surface area contributed by atoms with Crippen molar-refractivity contribution in [3.63, 3.8) is 0 Å². The number of methoxy groups -OCH3 is 1. The maximum atomic E-state index is 13.6. The highest BCUT2D eigenvalue weighted by Crippen LogP contribution is 2.23. The highest BCUT2D eigenvalue weighted by Gasteiger charge is 2.33. The molecule has 0 bridgehead atoms. The summed E-state index contributed by atoms with van der Waals surface area (Å²) in [6.45, 7) is 4.78. The van der Waals surface area contributed by atoms with E-state index in [2.05, 4.69) is 5.32 Å². The molecule has 3 unspecified atom stereocenters. The van der Waals surface area contributed by atoms with E-state index >= 15 is 0 Å². The van der Waals surface area contributed by atoms with Gasteiger partial charge in [0.15, 0.2) is 0 Å². The van der Waals surface area contributed by atoms with Crippen LogP contribution in [0, 0.1) is 6.92 Å². The number of amides is 1. The number of nitrogens with zero attached hydrogens (tertiary/aromatic N) is 1. The van der Waals surface area contributed by atoms with E-state index in [1.54, 1.807) is 26.0 Å². The lowest BCUT2D eigenvalue weighted by atomic mass is 10.00. The molecule has 39 heavy (non-hydrogen) atoms. The Balaban J connectivity index is 1.92. The van der Waals surface area contributed by atoms with Gasteiger partial charge >= 0.3 is 0 Å². The molecule has 0 radical (unpaired) electrons. The normalized spacial score (nSPS) is 14.0. The fourth-order valence-electron chi connectivity index (χ4n) is 3.89. The van der Waals surface area contributed by atoms with Crippen molar-refractivity contribution < 1.29 is 33.0 Å². The van der Waals surface area contributed by atoms with Gasteiger partial charge in [-0.15, -0.1) is 0 Å². The molecular formula is C29H36N2O7S. The quantitative estimate of drug-likeness (QED) is 0.273. The van der Waals surface area contributed by atoms with Gasteiger partial charge in [-0.1, -0.05) is 47.8 Å². The summed E-state index contributed by atoms with van der Waals surface area (Å²) in [6, 6.07) is 18.8. The van der Waals surface area contributed by atoms with E-state index in [4.69, 9.17) is 9.57 Å². The number of benzene rings is 3. The van der Waals surface area contributed by atoms with Crippen LogP contribution in [0.5, 0.6) is 11.5 Å². The summed E-state index contributed by atoms with van der Waals surface area (Å²) < 4.78 is 33.0. The van der Waals surface area contributed by atoms with Crippen molar-refractivity contribution in [1.29, 1.82) is 0 Å². The summed E-state index contributed by atoms with van der Waals surface area (Å²) in [6.07, 6.45) is -1.04. The van der Waals surface area contributed by atoms with Crippen LogP contribution in [0.3, 0.4) is 0 Å². The van der Waals surface area contributed by atoms with Crippen LogP contribution in [-0.4, -0.2) is 60.9 Å². The molecule has 3 atom stereocenters. The number of aliphatic hydroxyl groups is 1. The number of sulfonamides is 1. The number of hydrogen-bond donors (Lipinski definition) is 3. The average molecular weight is 557 g/mol. The number of aliphatic hydroxyl groups excluding tert-OH is 1. The first-order valence-electron chi connectivity index (χ1n) is 12.7. The third-order valence-electron chi connectivity index (χ3n) is 6.46. The second-order valence-electron chi connectivity index (χ2n) is 9.28. The van der Waals surface area contributed by atoms with E-state index in [1.165, 1.54) is 37.4 Å². The average Bonchev–Trinajstić information content (AvgIpc) is 2.94. The molecule has 3 aromatic rings. The van der Waals surface area contributed by atoms with E-state index in [0.29, 0.717) is 17.7 Å². The minimum Gasteiger partial charge on any atom is -0.508 e. The van der Waals surface area contributed by atoms with Gasteiger partial charge in [0.05, 0.1) is 36.8 Å². The van der Waals surface area contributed by atoms with Gasteiger partial charge in [-0.3, -0.25) is 9.63 Å². The molecule has 10 heteroatoms. The molecular weight excluding hydrogens is 520 g/mol. The largest absolute Gasteiger partial charge is 0.508 e. The molecule has 0 saturated carbocycles. The fourth-order valence-corrected chi connectivity index (χ4v) is 5.21. The number of carbonyl (C=O) groups is 1. The number of hydroxylamine groups is 1. The minimum atomic E-state index is -4.18. The second-order valence-corrected chi connectivity index (χ2v) is 11.1. The second kappa shape index (κ2) is 13.6. The number of aromatic hydroxyl groups is 1. The molecule has 0 aliphatic carbocycles. The maximum Gasteiger partial charge on any atom is 0.265 e. The number of rotatable bonds is 13. The minimum absolute atomic E-state index is 0.0264. The van der Waals surface area contributed by atoms with Gasteiger partial charge < -0.3 is 20.3 Å². The van der Waals surface area contributed by atoms with Crippen molar-refractivity contribution in [2.24, 2.45) is 0 Å². The molecule has 1 amide bonds. The highest BCUT2D eigenvalue weighted by atomic mass is 32.2. The zero-order chi connectivity index (χ0) is 28.6. The van der Waals surface area contributed by atoms with Crippen LogP contribution < -0.4 is 10.1 Å². The van der Waals surface area contributed by atoms with Crippen LogP contribution in [0.2, 0.25) is 0 Å². The smallest absolute Gasteiger partial charge is 0.265 e. The van der Waals surface area contributed by atoms with Crippen molar-refractivity contribution in [1.82, 2.24) is 9.79 Å². The zero-order valence-corrected chi connectivity index (χ0v) is 23.4. The maximum absolute atomic E-state index is 13.6. The van der Waals surface area contributed by atoms with Gasteiger partial charge in [0.2, 0.25) is 0 Å². The van der Waals surface area contributed by atoms with Gasteiger partial charge in [-0.25, -0.2) is 8.42 Å². The molecule has 3 aromatic carbocycles. The Bertz CT molecular complexity index is 1330. The lowest BCUT2D eigenvalue weighted by Gasteiger charge is -2.30. The SMILES string of the molecule is CCC(C)ON(CC(O)C(Cc1ccccc1)NC(=O)c1cccc(O)c1C)S(=O)(=O)c1ccc(OC)cc1. The third-order valence-corrected chi connectivity index (χ3v) is 8.10. The van der Waals surface area contributed by atoms with Crippen LogP contribution in [0.25, 0.3) is 0 Å². The Labute approximate surface area is 230 Å². The van der Waals surface area contributed by atoms with E-state index < -0.39 is 40.7 Å². The first kappa shape index (κ1) is 30.1. The zero-order valence-electron chi connectivity index (χ0n) is 22.6. The number of ether oxygens (including phenoxy) is 1. The van der Waals surface area contributed by atoms with Crippen molar-refractivity contribution in [3.05, 3.63) is 89.5 Å². The van der Waals surface area contributed by atoms with E-state index in [-0.39, 0.29) is 22.6 Å². The van der Waals surface area contributed by atoms with Crippen LogP contribution in [0.4, 0.5) is 0 Å². The molecule has 3 rings (SSSR count). The van der Waals surface area contributed by atoms with Gasteiger partial charge in [-0.05, 0) is 68.7 Å². The molecule has 0 saturated heterocycles. The monoisotopic (exact) mass is 556 g/mol. The van der Waals surface area contributed by atoms with Gasteiger partial charge in [0.25, 0.3) is 15.9 Å². The number of hydrogen-bond acceptors (Lipinski definition) is 7. The number of carbonyl (C=O) groups excluding carboxylic acids is 1. The molecule has 210 valence electrons. The Morgan fingerprint density at radius 2 is 1.69 bits per heavy atom. The van der Waals surface area contributed by atoms with E-state index in [9.17, 15) is 23.4 Å². The molecule has 9 nitrogen and oxygen atoms in total. The predicted octanol–water partition coefficient (Wildman–Crippen LogP) is 3.83. The Morgan fingerprint density at radius 3 is 2.31 bits per heavy atom. The lowest BCUT2D eigenvalue weighted by molar-refractivity contribution is -0.142. The molecule has 0 aliphatic rings.